The van der Waals surface area contributed by atoms with E-state index in [0.29, 0.717) is 17.0 Å². The SMILES string of the molecule is CC.COC(=O)C(C)(C)COc1ccc(-c2ccc(-c3ncc(C(F)(F)F)[nH]3)cn2)cc1. The van der Waals surface area contributed by atoms with Crippen molar-refractivity contribution in [3.8, 4) is 28.4 Å². The van der Waals surface area contributed by atoms with Crippen LogP contribution in [0.3, 0.4) is 0 Å². The maximum Gasteiger partial charge on any atom is 0.432 e. The number of benzene rings is 1. The summed E-state index contributed by atoms with van der Waals surface area (Å²) in [5, 5.41) is 0. The summed E-state index contributed by atoms with van der Waals surface area (Å²) >= 11 is 0. The third-order valence-electron chi connectivity index (χ3n) is 4.41. The van der Waals surface area contributed by atoms with Crippen LogP contribution in [0.15, 0.2) is 48.8 Å². The number of hydrogen-bond acceptors (Lipinski definition) is 5. The van der Waals surface area contributed by atoms with Crippen LogP contribution in [0.1, 0.15) is 33.4 Å². The summed E-state index contributed by atoms with van der Waals surface area (Å²) in [7, 11) is 1.33. The molecule has 0 bridgehead atoms. The Morgan fingerprint density at radius 2 is 1.59 bits per heavy atom. The van der Waals surface area contributed by atoms with Gasteiger partial charge in [-0.05, 0) is 50.2 Å². The number of alkyl halides is 3. The molecule has 3 aromatic rings. The largest absolute Gasteiger partial charge is 0.492 e. The van der Waals surface area contributed by atoms with Gasteiger partial charge in [-0.15, -0.1) is 0 Å². The van der Waals surface area contributed by atoms with E-state index in [4.69, 9.17) is 9.47 Å². The Hall–Kier alpha value is -3.36. The number of carbonyl (C=O) groups excluding carboxylic acids is 1. The zero-order valence-electron chi connectivity index (χ0n) is 18.6. The summed E-state index contributed by atoms with van der Waals surface area (Å²) < 4.78 is 48.5. The number of H-pyrrole nitrogens is 1. The predicted molar refractivity (Wildman–Crippen MR) is 115 cm³/mol. The lowest BCUT2D eigenvalue weighted by Crippen LogP contribution is -2.32. The maximum absolute atomic E-state index is 12.7. The molecule has 2 aromatic heterocycles. The standard InChI is InChI=1S/C21H20F3N3O3.C2H6/c1-20(2,19(28)29-3)12-30-15-7-4-13(5-8-15)16-9-6-14(10-25-16)18-26-11-17(27-18)21(22,23)24;1-2/h4-11H,12H2,1-3H3,(H,26,27);1-2H3. The number of halogens is 3. The minimum Gasteiger partial charge on any atom is -0.492 e. The zero-order valence-corrected chi connectivity index (χ0v) is 18.6. The van der Waals surface area contributed by atoms with Gasteiger partial charge in [-0.2, -0.15) is 13.2 Å². The molecular formula is C23H26F3N3O3. The van der Waals surface area contributed by atoms with Crippen molar-refractivity contribution < 1.29 is 27.4 Å². The first kappa shape index (κ1) is 24.9. The second kappa shape index (κ2) is 10.3. The lowest BCUT2D eigenvalue weighted by atomic mass is 9.95. The topological polar surface area (TPSA) is 77.1 Å². The van der Waals surface area contributed by atoms with Crippen LogP contribution in [0.4, 0.5) is 13.2 Å². The molecule has 0 aliphatic rings. The number of esters is 1. The number of rotatable bonds is 6. The molecule has 0 aliphatic carbocycles. The fourth-order valence-electron chi connectivity index (χ4n) is 2.64. The Balaban J connectivity index is 0.00000176. The van der Waals surface area contributed by atoms with Gasteiger partial charge in [-0.1, -0.05) is 13.8 Å². The Morgan fingerprint density at radius 3 is 2.09 bits per heavy atom. The molecule has 0 amide bonds. The Morgan fingerprint density at radius 1 is 0.969 bits per heavy atom. The molecule has 2 heterocycles. The van der Waals surface area contributed by atoms with Gasteiger partial charge in [0.1, 0.15) is 23.9 Å². The number of nitrogens with one attached hydrogen (secondary N) is 1. The third kappa shape index (κ3) is 6.09. The van der Waals surface area contributed by atoms with Gasteiger partial charge in [0.2, 0.25) is 0 Å². The number of pyridine rings is 1. The van der Waals surface area contributed by atoms with Crippen LogP contribution in [0.2, 0.25) is 0 Å². The number of carbonyl (C=O) groups is 1. The predicted octanol–water partition coefficient (Wildman–Crippen LogP) is 5.76. The van der Waals surface area contributed by atoms with Crippen LogP contribution in [0, 0.1) is 5.41 Å². The van der Waals surface area contributed by atoms with E-state index in [1.165, 1.54) is 13.3 Å². The molecule has 0 spiro atoms. The highest BCUT2D eigenvalue weighted by Crippen LogP contribution is 2.30. The van der Waals surface area contributed by atoms with Crippen molar-refractivity contribution in [3.63, 3.8) is 0 Å². The number of aromatic nitrogens is 3. The van der Waals surface area contributed by atoms with Crippen molar-refractivity contribution in [2.24, 2.45) is 5.41 Å². The first-order valence-corrected chi connectivity index (χ1v) is 10.0. The van der Waals surface area contributed by atoms with Crippen molar-refractivity contribution in [1.82, 2.24) is 15.0 Å². The first-order chi connectivity index (χ1) is 15.1. The highest BCUT2D eigenvalue weighted by Gasteiger charge is 2.33. The monoisotopic (exact) mass is 449 g/mol. The van der Waals surface area contributed by atoms with Crippen molar-refractivity contribution in [3.05, 3.63) is 54.5 Å². The molecule has 1 N–H and O–H groups in total. The number of hydrogen-bond donors (Lipinski definition) is 1. The Kier molecular flexibility index (Phi) is 8.02. The molecule has 0 radical (unpaired) electrons. The lowest BCUT2D eigenvalue weighted by molar-refractivity contribution is -0.152. The van der Waals surface area contributed by atoms with Crippen molar-refractivity contribution in [1.29, 1.82) is 0 Å². The second-order valence-corrected chi connectivity index (χ2v) is 7.26. The van der Waals surface area contributed by atoms with E-state index >= 15 is 0 Å². The molecule has 0 aliphatic heterocycles. The van der Waals surface area contributed by atoms with Crippen LogP contribution in [-0.4, -0.2) is 34.6 Å². The summed E-state index contributed by atoms with van der Waals surface area (Å²) in [5.74, 6) is 0.322. The fourth-order valence-corrected chi connectivity index (χ4v) is 2.64. The Bertz CT molecular complexity index is 1010. The molecule has 172 valence electrons. The number of aromatic amines is 1. The summed E-state index contributed by atoms with van der Waals surface area (Å²) in [6.45, 7) is 7.62. The lowest BCUT2D eigenvalue weighted by Gasteiger charge is -2.21. The third-order valence-corrected chi connectivity index (χ3v) is 4.41. The molecule has 32 heavy (non-hydrogen) atoms. The van der Waals surface area contributed by atoms with Crippen LogP contribution < -0.4 is 4.74 Å². The van der Waals surface area contributed by atoms with Crippen LogP contribution in [0.25, 0.3) is 22.6 Å². The number of ether oxygens (including phenoxy) is 2. The highest BCUT2D eigenvalue weighted by molar-refractivity contribution is 5.76. The van der Waals surface area contributed by atoms with E-state index in [-0.39, 0.29) is 18.4 Å². The van der Waals surface area contributed by atoms with Gasteiger partial charge in [0.15, 0.2) is 0 Å². The van der Waals surface area contributed by atoms with Crippen LogP contribution >= 0.6 is 0 Å². The van der Waals surface area contributed by atoms with Gasteiger partial charge in [0.05, 0.1) is 24.4 Å². The number of methoxy groups -OCH3 is 1. The molecule has 0 fully saturated rings. The number of nitrogens with zero attached hydrogens (tertiary/aromatic N) is 2. The maximum atomic E-state index is 12.7. The van der Waals surface area contributed by atoms with Gasteiger partial charge in [-0.3, -0.25) is 9.78 Å². The smallest absolute Gasteiger partial charge is 0.432 e. The van der Waals surface area contributed by atoms with E-state index in [2.05, 4.69) is 15.0 Å². The molecule has 0 saturated heterocycles. The minimum absolute atomic E-state index is 0.0957. The van der Waals surface area contributed by atoms with E-state index in [9.17, 15) is 18.0 Å². The summed E-state index contributed by atoms with van der Waals surface area (Å²) in [5.41, 5.74) is 0.203. The van der Waals surface area contributed by atoms with E-state index in [0.717, 1.165) is 11.8 Å². The number of imidazole rings is 1. The average molecular weight is 449 g/mol. The molecule has 0 atom stereocenters. The van der Waals surface area contributed by atoms with Gasteiger partial charge in [0, 0.05) is 17.3 Å². The molecule has 3 rings (SSSR count). The van der Waals surface area contributed by atoms with E-state index in [1.54, 1.807) is 50.2 Å². The quantitative estimate of drug-likeness (QED) is 0.484. The van der Waals surface area contributed by atoms with Crippen molar-refractivity contribution >= 4 is 5.97 Å². The van der Waals surface area contributed by atoms with Gasteiger partial charge < -0.3 is 14.5 Å². The molecule has 0 saturated carbocycles. The van der Waals surface area contributed by atoms with E-state index in [1.807, 2.05) is 13.8 Å². The van der Waals surface area contributed by atoms with Crippen LogP contribution in [-0.2, 0) is 15.7 Å². The van der Waals surface area contributed by atoms with Crippen molar-refractivity contribution in [2.45, 2.75) is 33.9 Å². The van der Waals surface area contributed by atoms with Gasteiger partial charge >= 0.3 is 12.1 Å². The van der Waals surface area contributed by atoms with Crippen molar-refractivity contribution in [2.75, 3.05) is 13.7 Å². The molecule has 6 nitrogen and oxygen atoms in total. The van der Waals surface area contributed by atoms with Gasteiger partial charge in [0.25, 0.3) is 0 Å². The first-order valence-electron chi connectivity index (χ1n) is 10.0. The second-order valence-electron chi connectivity index (χ2n) is 7.26. The van der Waals surface area contributed by atoms with Crippen LogP contribution in [0.5, 0.6) is 5.75 Å². The summed E-state index contributed by atoms with van der Waals surface area (Å²) in [4.78, 5) is 22.0. The summed E-state index contributed by atoms with van der Waals surface area (Å²) in [6.07, 6.45) is -2.27. The molecule has 9 heteroatoms. The van der Waals surface area contributed by atoms with Gasteiger partial charge in [-0.25, -0.2) is 4.98 Å². The average Bonchev–Trinajstić information content (AvgIpc) is 3.30. The highest BCUT2D eigenvalue weighted by atomic mass is 19.4. The fraction of sp³-hybridized carbons (Fsp3) is 0.348. The molecular weight excluding hydrogens is 423 g/mol. The summed E-state index contributed by atoms with van der Waals surface area (Å²) in [6, 6.07) is 10.4. The Labute approximate surface area is 184 Å². The van der Waals surface area contributed by atoms with E-state index < -0.39 is 17.3 Å². The molecule has 1 aromatic carbocycles. The normalized spacial score (nSPS) is 11.4. The minimum atomic E-state index is -4.48. The molecule has 0 unspecified atom stereocenters. The zero-order chi connectivity index (χ0) is 23.9.